The molecule has 1 aromatic carbocycles. The molecule has 1 heterocycles. The molecule has 86 valence electrons. The first-order valence-electron chi connectivity index (χ1n) is 5.50. The van der Waals surface area contributed by atoms with Crippen molar-refractivity contribution < 1.29 is 4.79 Å². The smallest absolute Gasteiger partial charge is 0.219 e. The predicted molar refractivity (Wildman–Crippen MR) is 65.3 cm³/mol. The Balaban J connectivity index is 2.19. The van der Waals surface area contributed by atoms with Gasteiger partial charge in [-0.05, 0) is 30.5 Å². The molecule has 0 fully saturated rings. The number of carbonyl (C=O) groups is 1. The van der Waals surface area contributed by atoms with E-state index < -0.39 is 0 Å². The lowest BCUT2D eigenvalue weighted by Gasteiger charge is -2.19. The lowest BCUT2D eigenvalue weighted by molar-refractivity contribution is -0.117. The maximum Gasteiger partial charge on any atom is 0.219 e. The van der Waals surface area contributed by atoms with Crippen LogP contribution in [-0.2, 0) is 11.2 Å². The summed E-state index contributed by atoms with van der Waals surface area (Å²) in [4.78, 5) is 12.9. The average molecular weight is 219 g/mol. The molecule has 0 radical (unpaired) electrons. The van der Waals surface area contributed by atoms with Crippen molar-refractivity contribution >= 4 is 17.3 Å². The number of rotatable bonds is 3. The van der Waals surface area contributed by atoms with Crippen molar-refractivity contribution in [1.29, 1.82) is 0 Å². The summed E-state index contributed by atoms with van der Waals surface area (Å²) in [5.41, 5.74) is 15.5. The zero-order valence-electron chi connectivity index (χ0n) is 9.49. The van der Waals surface area contributed by atoms with Crippen LogP contribution in [0.4, 0.5) is 11.4 Å². The Hall–Kier alpha value is -1.71. The van der Waals surface area contributed by atoms with Gasteiger partial charge in [-0.15, -0.1) is 0 Å². The molecule has 4 nitrogen and oxygen atoms in total. The molecule has 1 aliphatic rings. The van der Waals surface area contributed by atoms with E-state index in [9.17, 15) is 4.79 Å². The summed E-state index contributed by atoms with van der Waals surface area (Å²) in [6.07, 6.45) is 1.42. The maximum absolute atomic E-state index is 10.8. The van der Waals surface area contributed by atoms with E-state index in [0.717, 1.165) is 29.9 Å². The van der Waals surface area contributed by atoms with Crippen LogP contribution in [0.5, 0.6) is 0 Å². The molecule has 0 saturated heterocycles. The Kier molecular flexibility index (Phi) is 2.73. The summed E-state index contributed by atoms with van der Waals surface area (Å²) in [6.45, 7) is 3.65. The summed E-state index contributed by atoms with van der Waals surface area (Å²) in [6, 6.07) is 4.13. The Bertz CT molecular complexity index is 429. The van der Waals surface area contributed by atoms with Crippen LogP contribution in [-0.4, -0.2) is 19.0 Å². The van der Waals surface area contributed by atoms with Gasteiger partial charge in [-0.2, -0.15) is 0 Å². The number of aryl methyl sites for hydroxylation is 1. The molecule has 0 spiro atoms. The third kappa shape index (κ3) is 1.96. The predicted octanol–water partition coefficient (Wildman–Crippen LogP) is 0.815. The third-order valence-corrected chi connectivity index (χ3v) is 3.09. The second-order valence-electron chi connectivity index (χ2n) is 4.29. The van der Waals surface area contributed by atoms with Gasteiger partial charge in [-0.25, -0.2) is 0 Å². The van der Waals surface area contributed by atoms with Crippen LogP contribution in [0.1, 0.15) is 17.5 Å². The van der Waals surface area contributed by atoms with Crippen molar-refractivity contribution in [3.8, 4) is 0 Å². The molecule has 0 saturated carbocycles. The fraction of sp³-hybridized carbons (Fsp3) is 0.417. The highest BCUT2D eigenvalue weighted by molar-refractivity contribution is 5.75. The molecule has 0 aromatic heterocycles. The molecule has 4 N–H and O–H groups in total. The second kappa shape index (κ2) is 4.04. The molecule has 1 aliphatic heterocycles. The topological polar surface area (TPSA) is 72.3 Å². The molecular formula is C12H17N3O. The van der Waals surface area contributed by atoms with Gasteiger partial charge in [0.05, 0.1) is 0 Å². The number of amides is 1. The fourth-order valence-electron chi connectivity index (χ4n) is 2.12. The molecule has 0 atom stereocenters. The molecule has 16 heavy (non-hydrogen) atoms. The third-order valence-electron chi connectivity index (χ3n) is 3.09. The van der Waals surface area contributed by atoms with Crippen molar-refractivity contribution in [2.24, 2.45) is 5.73 Å². The minimum atomic E-state index is -0.256. The number of primary amides is 1. The van der Waals surface area contributed by atoms with Gasteiger partial charge in [-0.1, -0.05) is 6.07 Å². The van der Waals surface area contributed by atoms with Crippen LogP contribution in [0.3, 0.4) is 0 Å². The van der Waals surface area contributed by atoms with E-state index in [4.69, 9.17) is 11.5 Å². The molecule has 1 aromatic rings. The zero-order valence-corrected chi connectivity index (χ0v) is 9.49. The molecule has 4 heteroatoms. The van der Waals surface area contributed by atoms with Crippen LogP contribution in [0, 0.1) is 6.92 Å². The number of fused-ring (bicyclic) bond motifs is 1. The van der Waals surface area contributed by atoms with Crippen molar-refractivity contribution in [1.82, 2.24) is 0 Å². The van der Waals surface area contributed by atoms with E-state index in [-0.39, 0.29) is 5.91 Å². The van der Waals surface area contributed by atoms with E-state index in [0.29, 0.717) is 13.0 Å². The largest absolute Gasteiger partial charge is 0.398 e. The molecule has 0 bridgehead atoms. The number of hydrogen-bond donors (Lipinski definition) is 2. The van der Waals surface area contributed by atoms with Crippen LogP contribution in [0.15, 0.2) is 12.1 Å². The molecule has 0 aliphatic carbocycles. The summed E-state index contributed by atoms with van der Waals surface area (Å²) < 4.78 is 0. The van der Waals surface area contributed by atoms with Gasteiger partial charge >= 0.3 is 0 Å². The van der Waals surface area contributed by atoms with Crippen molar-refractivity contribution in [2.75, 3.05) is 23.7 Å². The van der Waals surface area contributed by atoms with Crippen LogP contribution in [0.2, 0.25) is 0 Å². The van der Waals surface area contributed by atoms with Gasteiger partial charge in [0.1, 0.15) is 0 Å². The highest BCUT2D eigenvalue weighted by Crippen LogP contribution is 2.31. The highest BCUT2D eigenvalue weighted by atomic mass is 16.1. The van der Waals surface area contributed by atoms with Crippen LogP contribution < -0.4 is 16.4 Å². The first kappa shape index (κ1) is 10.8. The van der Waals surface area contributed by atoms with Crippen LogP contribution >= 0.6 is 0 Å². The monoisotopic (exact) mass is 219 g/mol. The van der Waals surface area contributed by atoms with Gasteiger partial charge in [0, 0.05) is 30.9 Å². The Morgan fingerprint density at radius 1 is 1.50 bits per heavy atom. The highest BCUT2D eigenvalue weighted by Gasteiger charge is 2.20. The molecule has 1 amide bonds. The number of carbonyl (C=O) groups excluding carboxylic acids is 1. The number of anilines is 2. The lowest BCUT2D eigenvalue weighted by Crippen LogP contribution is -2.26. The van der Waals surface area contributed by atoms with E-state index in [1.165, 1.54) is 5.56 Å². The summed E-state index contributed by atoms with van der Waals surface area (Å²) >= 11 is 0. The zero-order chi connectivity index (χ0) is 11.7. The molecule has 0 unspecified atom stereocenters. The summed E-state index contributed by atoms with van der Waals surface area (Å²) in [5, 5.41) is 0. The number of benzene rings is 1. The van der Waals surface area contributed by atoms with Gasteiger partial charge in [0.25, 0.3) is 0 Å². The summed E-state index contributed by atoms with van der Waals surface area (Å²) in [5.74, 6) is -0.256. The first-order valence-corrected chi connectivity index (χ1v) is 5.50. The minimum Gasteiger partial charge on any atom is -0.398 e. The minimum absolute atomic E-state index is 0.256. The van der Waals surface area contributed by atoms with E-state index in [1.54, 1.807) is 0 Å². The SMILES string of the molecule is Cc1cc2c(cc1N)N(CCC(N)=O)CC2. The number of nitrogens with two attached hydrogens (primary N) is 2. The van der Waals surface area contributed by atoms with Gasteiger partial charge in [-0.3, -0.25) is 4.79 Å². The maximum atomic E-state index is 10.8. The van der Waals surface area contributed by atoms with E-state index >= 15 is 0 Å². The average Bonchev–Trinajstić information content (AvgIpc) is 2.58. The normalized spacial score (nSPS) is 13.9. The van der Waals surface area contributed by atoms with Crippen molar-refractivity contribution in [2.45, 2.75) is 19.8 Å². The van der Waals surface area contributed by atoms with Gasteiger partial charge in [0.15, 0.2) is 0 Å². The first-order chi connectivity index (χ1) is 7.58. The Morgan fingerprint density at radius 3 is 2.94 bits per heavy atom. The number of hydrogen-bond acceptors (Lipinski definition) is 3. The Labute approximate surface area is 95.2 Å². The number of nitrogen functional groups attached to an aromatic ring is 1. The molecule has 2 rings (SSSR count). The summed E-state index contributed by atoms with van der Waals surface area (Å²) in [7, 11) is 0. The van der Waals surface area contributed by atoms with Crippen molar-refractivity contribution in [3.05, 3.63) is 23.3 Å². The number of nitrogens with zero attached hydrogens (tertiary/aromatic N) is 1. The standard InChI is InChI=1S/C12H17N3O/c1-8-6-9-2-4-15(5-3-12(14)16)11(9)7-10(8)13/h6-7H,2-5,13H2,1H3,(H2,14,16). The van der Waals surface area contributed by atoms with Crippen LogP contribution in [0.25, 0.3) is 0 Å². The lowest BCUT2D eigenvalue weighted by atomic mass is 10.1. The molecular weight excluding hydrogens is 202 g/mol. The quantitative estimate of drug-likeness (QED) is 0.739. The van der Waals surface area contributed by atoms with Gasteiger partial charge < -0.3 is 16.4 Å². The Morgan fingerprint density at radius 2 is 2.25 bits per heavy atom. The second-order valence-corrected chi connectivity index (χ2v) is 4.29. The van der Waals surface area contributed by atoms with Crippen molar-refractivity contribution in [3.63, 3.8) is 0 Å². The van der Waals surface area contributed by atoms with Gasteiger partial charge in [0.2, 0.25) is 5.91 Å². The fourth-order valence-corrected chi connectivity index (χ4v) is 2.12. The van der Waals surface area contributed by atoms with E-state index in [1.807, 2.05) is 13.0 Å². The van der Waals surface area contributed by atoms with E-state index in [2.05, 4.69) is 11.0 Å².